The molecule has 0 saturated carbocycles. The van der Waals surface area contributed by atoms with Gasteiger partial charge < -0.3 is 4.42 Å². The number of hydrazone groups is 1. The summed E-state index contributed by atoms with van der Waals surface area (Å²) in [5.41, 5.74) is 4.13. The lowest BCUT2D eigenvalue weighted by Gasteiger charge is -1.97. The maximum atomic E-state index is 12.0. The zero-order valence-electron chi connectivity index (χ0n) is 11.2. The number of carbonyl (C=O) groups excluding carboxylic acids is 1. The first kappa shape index (κ1) is 13.3. The predicted molar refractivity (Wildman–Crippen MR) is 80.3 cm³/mol. The molecule has 0 atom stereocenters. The van der Waals surface area contributed by atoms with Gasteiger partial charge in [0, 0.05) is 0 Å². The summed E-state index contributed by atoms with van der Waals surface area (Å²) in [6.45, 7) is 1.75. The highest BCUT2D eigenvalue weighted by Crippen LogP contribution is 2.22. The first-order valence-corrected chi connectivity index (χ1v) is 7.10. The van der Waals surface area contributed by atoms with E-state index < -0.39 is 0 Å². The van der Waals surface area contributed by atoms with Crippen molar-refractivity contribution in [3.8, 4) is 10.6 Å². The largest absolute Gasteiger partial charge is 0.463 e. The van der Waals surface area contributed by atoms with E-state index in [1.54, 1.807) is 42.7 Å². The second-order valence-corrected chi connectivity index (χ2v) is 5.21. The Hall–Kier alpha value is -2.67. The summed E-state index contributed by atoms with van der Waals surface area (Å²) in [6, 6.07) is 9.13. The summed E-state index contributed by atoms with van der Waals surface area (Å²) in [6.07, 6.45) is 1.55. The fraction of sp³-hybridized carbons (Fsp3) is 0.0714. The van der Waals surface area contributed by atoms with Gasteiger partial charge in [0.2, 0.25) is 0 Å². The van der Waals surface area contributed by atoms with E-state index in [4.69, 9.17) is 4.42 Å². The molecule has 0 aliphatic heterocycles. The van der Waals surface area contributed by atoms with Gasteiger partial charge in [-0.1, -0.05) is 6.07 Å². The van der Waals surface area contributed by atoms with Gasteiger partial charge in [0.05, 0.1) is 16.8 Å². The van der Waals surface area contributed by atoms with Crippen LogP contribution in [0.4, 0.5) is 0 Å². The fourth-order valence-corrected chi connectivity index (χ4v) is 2.42. The van der Waals surface area contributed by atoms with Gasteiger partial charge in [-0.3, -0.25) is 9.89 Å². The lowest BCUT2D eigenvalue weighted by molar-refractivity contribution is 0.0950. The molecule has 0 unspecified atom stereocenters. The molecule has 3 aromatic rings. The predicted octanol–water partition coefficient (Wildman–Crippen LogP) is 2.89. The van der Waals surface area contributed by atoms with Gasteiger partial charge in [-0.2, -0.15) is 10.2 Å². The van der Waals surface area contributed by atoms with Crippen LogP contribution in [0.5, 0.6) is 0 Å². The lowest BCUT2D eigenvalue weighted by Crippen LogP contribution is -2.19. The van der Waals surface area contributed by atoms with Gasteiger partial charge in [-0.05, 0) is 36.6 Å². The average Bonchev–Trinajstić information content (AvgIpc) is 3.25. The van der Waals surface area contributed by atoms with Gasteiger partial charge in [-0.25, -0.2) is 5.43 Å². The Bertz CT molecular complexity index is 757. The van der Waals surface area contributed by atoms with Crippen molar-refractivity contribution < 1.29 is 9.21 Å². The third kappa shape index (κ3) is 2.92. The molecule has 0 bridgehead atoms. The third-order valence-corrected chi connectivity index (χ3v) is 3.70. The number of hydrogen-bond donors (Lipinski definition) is 2. The molecule has 1 amide bonds. The molecule has 21 heavy (non-hydrogen) atoms. The molecule has 3 rings (SSSR count). The number of H-pyrrole nitrogens is 1. The van der Waals surface area contributed by atoms with E-state index in [2.05, 4.69) is 20.7 Å². The Kier molecular flexibility index (Phi) is 3.65. The molecule has 106 valence electrons. The van der Waals surface area contributed by atoms with Crippen molar-refractivity contribution in [2.45, 2.75) is 6.92 Å². The summed E-state index contributed by atoms with van der Waals surface area (Å²) in [7, 11) is 0. The van der Waals surface area contributed by atoms with Crippen LogP contribution in [0.15, 0.2) is 51.5 Å². The minimum atomic E-state index is -0.375. The van der Waals surface area contributed by atoms with Crippen LogP contribution in [0, 0.1) is 0 Å². The summed E-state index contributed by atoms with van der Waals surface area (Å²) < 4.78 is 5.18. The van der Waals surface area contributed by atoms with Crippen LogP contribution in [0.1, 0.15) is 23.2 Å². The molecule has 0 aliphatic carbocycles. The standard InChI is InChI=1S/C14H12N4O2S/c1-9(12-4-2-6-20-12)15-18-14(19)11-8-10(16-17-11)13-5-3-7-21-13/h2-8H,1H3,(H,16,17)(H,18,19)/b15-9+. The van der Waals surface area contributed by atoms with Crippen LogP contribution in [0.25, 0.3) is 10.6 Å². The van der Waals surface area contributed by atoms with Crippen LogP contribution >= 0.6 is 11.3 Å². The van der Waals surface area contributed by atoms with Crippen molar-refractivity contribution in [2.24, 2.45) is 5.10 Å². The van der Waals surface area contributed by atoms with E-state index in [1.807, 2.05) is 17.5 Å². The normalized spacial score (nSPS) is 11.6. The summed E-state index contributed by atoms with van der Waals surface area (Å²) in [5.74, 6) is 0.233. The van der Waals surface area contributed by atoms with Crippen molar-refractivity contribution in [3.05, 3.63) is 53.4 Å². The summed E-state index contributed by atoms with van der Waals surface area (Å²) in [4.78, 5) is 13.0. The molecule has 0 aliphatic rings. The van der Waals surface area contributed by atoms with Crippen molar-refractivity contribution in [1.82, 2.24) is 15.6 Å². The summed E-state index contributed by atoms with van der Waals surface area (Å²) >= 11 is 1.57. The molecular weight excluding hydrogens is 288 g/mol. The minimum absolute atomic E-state index is 0.286. The number of carbonyl (C=O) groups is 1. The van der Waals surface area contributed by atoms with Crippen LogP contribution in [-0.4, -0.2) is 21.8 Å². The van der Waals surface area contributed by atoms with Gasteiger partial charge in [0.15, 0.2) is 5.69 Å². The maximum absolute atomic E-state index is 12.0. The van der Waals surface area contributed by atoms with Crippen LogP contribution in [-0.2, 0) is 0 Å². The van der Waals surface area contributed by atoms with E-state index in [9.17, 15) is 4.79 Å². The Morgan fingerprint density at radius 3 is 3.05 bits per heavy atom. The highest BCUT2D eigenvalue weighted by molar-refractivity contribution is 7.13. The Balaban J connectivity index is 1.70. The van der Waals surface area contributed by atoms with E-state index >= 15 is 0 Å². The number of aromatic nitrogens is 2. The number of nitrogens with one attached hydrogen (secondary N) is 2. The Morgan fingerprint density at radius 1 is 1.43 bits per heavy atom. The van der Waals surface area contributed by atoms with E-state index in [0.29, 0.717) is 11.5 Å². The molecule has 0 aromatic carbocycles. The van der Waals surface area contributed by atoms with Crippen LogP contribution < -0.4 is 5.43 Å². The van der Waals surface area contributed by atoms with Crippen molar-refractivity contribution in [2.75, 3.05) is 0 Å². The molecule has 0 saturated heterocycles. The SMILES string of the molecule is C/C(=N\NC(=O)c1cc(-c2cccs2)[nH]n1)c1ccco1. The molecule has 0 spiro atoms. The van der Waals surface area contributed by atoms with Gasteiger partial charge in [0.1, 0.15) is 11.5 Å². The van der Waals surface area contributed by atoms with Crippen molar-refractivity contribution >= 4 is 23.0 Å². The van der Waals surface area contributed by atoms with Crippen molar-refractivity contribution in [1.29, 1.82) is 0 Å². The first-order chi connectivity index (χ1) is 10.2. The zero-order chi connectivity index (χ0) is 14.7. The average molecular weight is 300 g/mol. The number of hydrogen-bond acceptors (Lipinski definition) is 5. The molecule has 0 fully saturated rings. The minimum Gasteiger partial charge on any atom is -0.463 e. The lowest BCUT2D eigenvalue weighted by atomic mass is 10.3. The zero-order valence-corrected chi connectivity index (χ0v) is 12.0. The number of furan rings is 1. The number of amides is 1. The smallest absolute Gasteiger partial charge is 0.291 e. The van der Waals surface area contributed by atoms with Crippen LogP contribution in [0.3, 0.4) is 0 Å². The third-order valence-electron chi connectivity index (χ3n) is 2.80. The monoisotopic (exact) mass is 300 g/mol. The van der Waals surface area contributed by atoms with E-state index in [1.165, 1.54) is 0 Å². The molecule has 2 N–H and O–H groups in total. The number of thiophene rings is 1. The molecule has 6 nitrogen and oxygen atoms in total. The van der Waals surface area contributed by atoms with Gasteiger partial charge in [-0.15, -0.1) is 11.3 Å². The summed E-state index contributed by atoms with van der Waals surface area (Å²) in [5, 5.41) is 12.8. The number of aromatic amines is 1. The van der Waals surface area contributed by atoms with E-state index in [0.717, 1.165) is 10.6 Å². The highest BCUT2D eigenvalue weighted by Gasteiger charge is 2.11. The molecule has 0 radical (unpaired) electrons. The van der Waals surface area contributed by atoms with Crippen LogP contribution in [0.2, 0.25) is 0 Å². The maximum Gasteiger partial charge on any atom is 0.291 e. The van der Waals surface area contributed by atoms with E-state index in [-0.39, 0.29) is 11.6 Å². The molecule has 7 heteroatoms. The topological polar surface area (TPSA) is 83.3 Å². The quantitative estimate of drug-likeness (QED) is 0.574. The van der Waals surface area contributed by atoms with Gasteiger partial charge >= 0.3 is 0 Å². The molecule has 3 heterocycles. The molecule has 3 aromatic heterocycles. The van der Waals surface area contributed by atoms with Crippen molar-refractivity contribution in [3.63, 3.8) is 0 Å². The Labute approximate surface area is 124 Å². The first-order valence-electron chi connectivity index (χ1n) is 6.22. The second-order valence-electron chi connectivity index (χ2n) is 4.26. The number of rotatable bonds is 4. The second kappa shape index (κ2) is 5.76. The number of nitrogens with zero attached hydrogens (tertiary/aromatic N) is 2. The highest BCUT2D eigenvalue weighted by atomic mass is 32.1. The Morgan fingerprint density at radius 2 is 2.33 bits per heavy atom. The fourth-order valence-electron chi connectivity index (χ4n) is 1.73. The van der Waals surface area contributed by atoms with Gasteiger partial charge in [0.25, 0.3) is 5.91 Å². The molecular formula is C14H12N4O2S.